The van der Waals surface area contributed by atoms with Gasteiger partial charge < -0.3 is 0 Å². The fourth-order valence-electron chi connectivity index (χ4n) is 1.08. The molecule has 2 rings (SSSR count). The second-order valence-corrected chi connectivity index (χ2v) is 5.72. The Kier molecular flexibility index (Phi) is 5.23. The van der Waals surface area contributed by atoms with Crippen LogP contribution in [0.3, 0.4) is 0 Å². The third kappa shape index (κ3) is 3.45. The first-order valence-corrected chi connectivity index (χ1v) is 6.36. The zero-order valence-corrected chi connectivity index (χ0v) is 10.8. The van der Waals surface area contributed by atoms with Crippen LogP contribution in [-0.4, -0.2) is 0 Å². The summed E-state index contributed by atoms with van der Waals surface area (Å²) in [5, 5.41) is 0. The Morgan fingerprint density at radius 1 is 0.571 bits per heavy atom. The number of halogens is 1. The first-order valence-electron chi connectivity index (χ1n) is 4.20. The van der Waals surface area contributed by atoms with Gasteiger partial charge in [-0.05, 0) is 0 Å². The van der Waals surface area contributed by atoms with Crippen molar-refractivity contribution in [3.8, 4) is 0 Å². The fraction of sp³-hybridized carbons (Fsp3) is 0. The van der Waals surface area contributed by atoms with Gasteiger partial charge in [0.25, 0.3) is 0 Å². The average Bonchev–Trinajstić information content (AvgIpc) is 2.21. The Morgan fingerprint density at radius 3 is 1.29 bits per heavy atom. The van der Waals surface area contributed by atoms with Crippen molar-refractivity contribution in [3.05, 3.63) is 67.8 Å². The normalized spacial score (nSPS) is 9.43. The monoisotopic (exact) mass is 337 g/mol. The van der Waals surface area contributed by atoms with Crippen molar-refractivity contribution in [2.75, 3.05) is 0 Å². The van der Waals surface area contributed by atoms with E-state index in [-0.39, 0.29) is 38.3 Å². The quantitative estimate of drug-likeness (QED) is 0.527. The van der Waals surface area contributed by atoms with Gasteiger partial charge in [0.2, 0.25) is 0 Å². The molecule has 0 heterocycles. The summed E-state index contributed by atoms with van der Waals surface area (Å²) in [7, 11) is 0. The van der Waals surface area contributed by atoms with Crippen molar-refractivity contribution in [2.24, 2.45) is 0 Å². The van der Waals surface area contributed by atoms with Crippen LogP contribution in [0.25, 0.3) is 0 Å². The second kappa shape index (κ2) is 6.23. The summed E-state index contributed by atoms with van der Waals surface area (Å²) in [6, 6.07) is 21.4. The number of benzene rings is 2. The molecule has 0 atom stereocenters. The summed E-state index contributed by atoms with van der Waals surface area (Å²) in [6.45, 7) is 0. The van der Waals surface area contributed by atoms with Crippen molar-refractivity contribution >= 4 is 0 Å². The van der Waals surface area contributed by atoms with Crippen LogP contribution in [0.2, 0.25) is 0 Å². The molecule has 0 aliphatic heterocycles. The third-order valence-electron chi connectivity index (χ3n) is 1.68. The molecule has 2 heteroatoms. The molecule has 0 bridgehead atoms. The first-order chi connectivity index (χ1) is 6.45. The second-order valence-electron chi connectivity index (χ2n) is 2.69. The third-order valence-corrected chi connectivity index (χ3v) is 4.37. The molecule has 0 aromatic heterocycles. The van der Waals surface area contributed by atoms with E-state index in [9.17, 15) is 0 Å². The van der Waals surface area contributed by atoms with E-state index in [1.807, 2.05) is 0 Å². The van der Waals surface area contributed by atoms with Gasteiger partial charge in [0.1, 0.15) is 0 Å². The summed E-state index contributed by atoms with van der Waals surface area (Å²) in [5.74, 6) is 0. The van der Waals surface area contributed by atoms with Gasteiger partial charge in [-0.3, -0.25) is 0 Å². The van der Waals surface area contributed by atoms with Crippen LogP contribution in [-0.2, 0) is 17.1 Å². The van der Waals surface area contributed by atoms with Crippen LogP contribution < -0.4 is 21.2 Å². The van der Waals surface area contributed by atoms with Crippen LogP contribution >= 0.6 is 0 Å². The van der Waals surface area contributed by atoms with E-state index >= 15 is 0 Å². The van der Waals surface area contributed by atoms with Crippen LogP contribution in [0, 0.1) is 7.14 Å². The zero-order chi connectivity index (χ0) is 8.93. The molecule has 0 unspecified atom stereocenters. The molecule has 0 saturated heterocycles. The first kappa shape index (κ1) is 11.8. The maximum atomic E-state index is 2.21. The molecule has 0 fully saturated rings. The maximum absolute atomic E-state index is 2.21. The molecule has 0 radical (unpaired) electrons. The van der Waals surface area contributed by atoms with Crippen LogP contribution in [0.5, 0.6) is 0 Å². The van der Waals surface area contributed by atoms with Gasteiger partial charge in [-0.2, -0.15) is 0 Å². The molecule has 0 aliphatic rings. The Bertz CT molecular complexity index is 321. The molecule has 2 aromatic rings. The van der Waals surface area contributed by atoms with Crippen molar-refractivity contribution in [1.29, 1.82) is 0 Å². The van der Waals surface area contributed by atoms with Gasteiger partial charge in [-0.25, -0.2) is 0 Å². The SMILES string of the molecule is [Fe].c1ccc([I-]c2ccccc2)cc1. The Labute approximate surface area is 105 Å². The Hall–Kier alpha value is -0.311. The molecular weight excluding hydrogens is 327 g/mol. The molecule has 0 saturated carbocycles. The van der Waals surface area contributed by atoms with Gasteiger partial charge in [0.15, 0.2) is 0 Å². The number of rotatable bonds is 2. The van der Waals surface area contributed by atoms with Crippen molar-refractivity contribution < 1.29 is 38.3 Å². The van der Waals surface area contributed by atoms with E-state index in [0.29, 0.717) is 0 Å². The van der Waals surface area contributed by atoms with Crippen molar-refractivity contribution in [1.82, 2.24) is 0 Å². The van der Waals surface area contributed by atoms with E-state index in [4.69, 9.17) is 0 Å². The van der Waals surface area contributed by atoms with Crippen molar-refractivity contribution in [3.63, 3.8) is 0 Å². The molecule has 0 amide bonds. The summed E-state index contributed by atoms with van der Waals surface area (Å²) in [5.41, 5.74) is 0. The Morgan fingerprint density at radius 2 is 0.929 bits per heavy atom. The fourth-order valence-corrected chi connectivity index (χ4v) is 3.35. The van der Waals surface area contributed by atoms with Gasteiger partial charge in [-0.1, -0.05) is 0 Å². The predicted molar refractivity (Wildman–Crippen MR) is 50.3 cm³/mol. The van der Waals surface area contributed by atoms with Gasteiger partial charge >= 0.3 is 89.0 Å². The van der Waals surface area contributed by atoms with E-state index in [1.165, 1.54) is 7.14 Å². The number of hydrogen-bond donors (Lipinski definition) is 0. The molecule has 0 aliphatic carbocycles. The predicted octanol–water partition coefficient (Wildman–Crippen LogP) is -0.188. The number of hydrogen-bond acceptors (Lipinski definition) is 0. The van der Waals surface area contributed by atoms with Gasteiger partial charge in [-0.15, -0.1) is 0 Å². The minimum atomic E-state index is 0. The molecule has 0 spiro atoms. The standard InChI is InChI=1S/C12H10I.Fe/c1-3-7-11(8-4-1)13-12-9-5-2-6-10-12;/h1-10H;/q-1;. The van der Waals surface area contributed by atoms with Gasteiger partial charge in [0.05, 0.1) is 0 Å². The minimum absolute atomic E-state index is 0. The van der Waals surface area contributed by atoms with Crippen LogP contribution in [0.15, 0.2) is 60.7 Å². The molecule has 74 valence electrons. The van der Waals surface area contributed by atoms with Gasteiger partial charge in [0, 0.05) is 17.1 Å². The van der Waals surface area contributed by atoms with Crippen LogP contribution in [0.1, 0.15) is 0 Å². The Balaban J connectivity index is 0.000000980. The van der Waals surface area contributed by atoms with E-state index in [2.05, 4.69) is 60.7 Å². The summed E-state index contributed by atoms with van der Waals surface area (Å²) < 4.78 is 2.96. The summed E-state index contributed by atoms with van der Waals surface area (Å²) >= 11 is 0.0287. The molecular formula is C12H10FeI-. The topological polar surface area (TPSA) is 0 Å². The molecule has 0 N–H and O–H groups in total. The van der Waals surface area contributed by atoms with E-state index < -0.39 is 0 Å². The molecule has 0 nitrogen and oxygen atoms in total. The van der Waals surface area contributed by atoms with Crippen LogP contribution in [0.4, 0.5) is 0 Å². The summed E-state index contributed by atoms with van der Waals surface area (Å²) in [6.07, 6.45) is 0. The molecule has 2 aromatic carbocycles. The van der Waals surface area contributed by atoms with E-state index in [1.54, 1.807) is 0 Å². The zero-order valence-electron chi connectivity index (χ0n) is 7.51. The average molecular weight is 337 g/mol. The van der Waals surface area contributed by atoms with Crippen molar-refractivity contribution in [2.45, 2.75) is 0 Å². The van der Waals surface area contributed by atoms with E-state index in [0.717, 1.165) is 0 Å². The summed E-state index contributed by atoms with van der Waals surface area (Å²) in [4.78, 5) is 0. The molecule has 14 heavy (non-hydrogen) atoms.